The first-order chi connectivity index (χ1) is 19.5. The van der Waals surface area contributed by atoms with Crippen LogP contribution in [0.2, 0.25) is 0 Å². The summed E-state index contributed by atoms with van der Waals surface area (Å²) in [5.74, 6) is -0.172. The molecule has 40 heavy (non-hydrogen) atoms. The van der Waals surface area contributed by atoms with Gasteiger partial charge in [-0.3, -0.25) is 29.6 Å². The monoisotopic (exact) mass is 539 g/mol. The topological polar surface area (TPSA) is 104 Å². The first kappa shape index (κ1) is 26.2. The molecule has 0 radical (unpaired) electrons. The molecule has 0 saturated carbocycles. The number of carbonyl (C=O) groups excluding carboxylic acids is 3. The fraction of sp³-hybridized carbons (Fsp3) is 0.355. The SMILES string of the molecule is O=C1CCC(N2Cc3cc(OC4CN(Cc5cccnc5)CCC4NCc4ccccc4)ccc3C2=O)C(=O)N1. The molecule has 2 fully saturated rings. The number of nitrogens with one attached hydrogen (secondary N) is 2. The lowest BCUT2D eigenvalue weighted by Crippen LogP contribution is -2.54. The second-order valence-electron chi connectivity index (χ2n) is 10.7. The average molecular weight is 540 g/mol. The van der Waals surface area contributed by atoms with Crippen molar-refractivity contribution in [3.8, 4) is 5.75 Å². The van der Waals surface area contributed by atoms with E-state index in [1.807, 2.05) is 42.6 Å². The van der Waals surface area contributed by atoms with Crippen molar-refractivity contribution in [1.82, 2.24) is 25.4 Å². The van der Waals surface area contributed by atoms with Crippen LogP contribution in [-0.4, -0.2) is 63.8 Å². The Balaban J connectivity index is 1.17. The van der Waals surface area contributed by atoms with Crippen molar-refractivity contribution in [2.45, 2.75) is 57.1 Å². The largest absolute Gasteiger partial charge is 0.487 e. The molecule has 4 heterocycles. The van der Waals surface area contributed by atoms with Crippen LogP contribution in [0.3, 0.4) is 0 Å². The van der Waals surface area contributed by atoms with Crippen molar-refractivity contribution >= 4 is 17.7 Å². The second kappa shape index (κ2) is 11.6. The number of piperidine rings is 2. The number of benzene rings is 2. The van der Waals surface area contributed by atoms with E-state index in [2.05, 4.69) is 38.7 Å². The Morgan fingerprint density at radius 1 is 1.00 bits per heavy atom. The molecule has 3 atom stereocenters. The average Bonchev–Trinajstić information content (AvgIpc) is 3.29. The molecule has 0 aliphatic carbocycles. The van der Waals surface area contributed by atoms with E-state index in [0.29, 0.717) is 24.3 Å². The van der Waals surface area contributed by atoms with Gasteiger partial charge in [0.05, 0.1) is 0 Å². The molecule has 2 saturated heterocycles. The van der Waals surface area contributed by atoms with Crippen LogP contribution < -0.4 is 15.4 Å². The van der Waals surface area contributed by atoms with Crippen molar-refractivity contribution in [2.75, 3.05) is 13.1 Å². The third-order valence-electron chi connectivity index (χ3n) is 7.97. The van der Waals surface area contributed by atoms with Gasteiger partial charge in [-0.05, 0) is 53.8 Å². The van der Waals surface area contributed by atoms with E-state index in [-0.39, 0.29) is 30.4 Å². The summed E-state index contributed by atoms with van der Waals surface area (Å²) in [6.45, 7) is 3.58. The Morgan fingerprint density at radius 2 is 1.85 bits per heavy atom. The molecule has 0 spiro atoms. The standard InChI is InChI=1S/C31H33N5O4/c37-29-11-10-27(30(38)34-29)36-19-23-15-24(8-9-25(23)31(36)39)40-28-20-35(18-22-7-4-13-32-16-22)14-12-26(28)33-17-21-5-2-1-3-6-21/h1-9,13,15-16,26-28,33H,10-12,14,17-20H2,(H,34,37,38). The molecule has 3 unspecified atom stereocenters. The number of amides is 3. The van der Waals surface area contributed by atoms with Crippen LogP contribution in [0, 0.1) is 0 Å². The van der Waals surface area contributed by atoms with E-state index in [0.717, 1.165) is 38.2 Å². The predicted octanol–water partition coefficient (Wildman–Crippen LogP) is 2.65. The third-order valence-corrected chi connectivity index (χ3v) is 7.97. The zero-order valence-electron chi connectivity index (χ0n) is 22.3. The molecule has 6 rings (SSSR count). The minimum absolute atomic E-state index is 0.101. The highest BCUT2D eigenvalue weighted by molar-refractivity contribution is 6.05. The van der Waals surface area contributed by atoms with Gasteiger partial charge in [-0.15, -0.1) is 0 Å². The van der Waals surface area contributed by atoms with Gasteiger partial charge in [0.15, 0.2) is 0 Å². The molecule has 0 bridgehead atoms. The lowest BCUT2D eigenvalue weighted by atomic mass is 10.00. The van der Waals surface area contributed by atoms with Gasteiger partial charge < -0.3 is 15.0 Å². The van der Waals surface area contributed by atoms with E-state index in [4.69, 9.17) is 4.74 Å². The van der Waals surface area contributed by atoms with Crippen LogP contribution in [0.25, 0.3) is 0 Å². The molecule has 2 N–H and O–H groups in total. The van der Waals surface area contributed by atoms with Crippen molar-refractivity contribution in [3.63, 3.8) is 0 Å². The van der Waals surface area contributed by atoms with Gasteiger partial charge in [-0.25, -0.2) is 0 Å². The molecule has 1 aromatic heterocycles. The maximum absolute atomic E-state index is 13.1. The van der Waals surface area contributed by atoms with Crippen molar-refractivity contribution in [3.05, 3.63) is 95.3 Å². The Hall–Kier alpha value is -4.08. The molecule has 9 nitrogen and oxygen atoms in total. The molecule has 3 aliphatic rings. The Labute approximate surface area is 233 Å². The summed E-state index contributed by atoms with van der Waals surface area (Å²) in [5, 5.41) is 6.07. The highest BCUT2D eigenvalue weighted by Crippen LogP contribution is 2.31. The normalized spacial score (nSPS) is 23.1. The Kier molecular flexibility index (Phi) is 7.57. The number of hydrogen-bond acceptors (Lipinski definition) is 7. The summed E-state index contributed by atoms with van der Waals surface area (Å²) in [6.07, 6.45) is 5.10. The predicted molar refractivity (Wildman–Crippen MR) is 148 cm³/mol. The van der Waals surface area contributed by atoms with Gasteiger partial charge in [0, 0.05) is 63.1 Å². The number of rotatable bonds is 8. The van der Waals surface area contributed by atoms with Crippen molar-refractivity contribution in [1.29, 1.82) is 0 Å². The molecule has 206 valence electrons. The van der Waals surface area contributed by atoms with Crippen LogP contribution in [-0.2, 0) is 29.2 Å². The van der Waals surface area contributed by atoms with Gasteiger partial charge in [0.25, 0.3) is 5.91 Å². The fourth-order valence-corrected chi connectivity index (χ4v) is 5.87. The van der Waals surface area contributed by atoms with Gasteiger partial charge in [-0.1, -0.05) is 36.4 Å². The van der Waals surface area contributed by atoms with Crippen molar-refractivity contribution in [2.24, 2.45) is 0 Å². The minimum atomic E-state index is -0.632. The quantitative estimate of drug-likeness (QED) is 0.424. The molecule has 9 heteroatoms. The number of fused-ring (bicyclic) bond motifs is 1. The summed E-state index contributed by atoms with van der Waals surface area (Å²) in [7, 11) is 0. The van der Waals surface area contributed by atoms with Gasteiger partial charge in [0.1, 0.15) is 17.9 Å². The van der Waals surface area contributed by atoms with E-state index in [1.165, 1.54) is 11.1 Å². The second-order valence-corrected chi connectivity index (χ2v) is 10.7. The lowest BCUT2D eigenvalue weighted by Gasteiger charge is -2.39. The molecule has 2 aromatic carbocycles. The number of nitrogens with zero attached hydrogens (tertiary/aromatic N) is 3. The molecule has 3 aromatic rings. The van der Waals surface area contributed by atoms with E-state index >= 15 is 0 Å². The Bertz CT molecular complexity index is 1380. The summed E-state index contributed by atoms with van der Waals surface area (Å²) < 4.78 is 6.63. The molecular formula is C31H33N5O4. The number of hydrogen-bond donors (Lipinski definition) is 2. The number of imide groups is 1. The molecule has 3 amide bonds. The number of likely N-dealkylation sites (tertiary alicyclic amines) is 1. The summed E-state index contributed by atoms with van der Waals surface area (Å²) in [6, 6.07) is 19.5. The van der Waals surface area contributed by atoms with Crippen molar-refractivity contribution < 1.29 is 19.1 Å². The van der Waals surface area contributed by atoms with Crippen LogP contribution in [0.4, 0.5) is 0 Å². The smallest absolute Gasteiger partial charge is 0.255 e. The van der Waals surface area contributed by atoms with Gasteiger partial charge in [-0.2, -0.15) is 0 Å². The minimum Gasteiger partial charge on any atom is -0.487 e. The van der Waals surface area contributed by atoms with Crippen LogP contribution >= 0.6 is 0 Å². The number of ether oxygens (including phenoxy) is 1. The van der Waals surface area contributed by atoms with E-state index in [9.17, 15) is 14.4 Å². The van der Waals surface area contributed by atoms with Gasteiger partial charge >= 0.3 is 0 Å². The maximum atomic E-state index is 13.1. The summed E-state index contributed by atoms with van der Waals surface area (Å²) in [4.78, 5) is 45.3. The van der Waals surface area contributed by atoms with E-state index in [1.54, 1.807) is 17.2 Å². The van der Waals surface area contributed by atoms with Gasteiger partial charge in [0.2, 0.25) is 11.8 Å². The van der Waals surface area contributed by atoms with Crippen LogP contribution in [0.1, 0.15) is 46.3 Å². The number of pyridine rings is 1. The third kappa shape index (κ3) is 5.76. The fourth-order valence-electron chi connectivity index (χ4n) is 5.87. The highest BCUT2D eigenvalue weighted by atomic mass is 16.5. The van der Waals surface area contributed by atoms with Crippen LogP contribution in [0.5, 0.6) is 5.75 Å². The van der Waals surface area contributed by atoms with E-state index < -0.39 is 11.9 Å². The number of carbonyl (C=O) groups is 3. The molecule has 3 aliphatic heterocycles. The zero-order chi connectivity index (χ0) is 27.5. The summed E-state index contributed by atoms with van der Waals surface area (Å²) in [5.41, 5.74) is 3.81. The maximum Gasteiger partial charge on any atom is 0.255 e. The lowest BCUT2D eigenvalue weighted by molar-refractivity contribution is -0.136. The van der Waals surface area contributed by atoms with Crippen LogP contribution in [0.15, 0.2) is 73.1 Å². The first-order valence-corrected chi connectivity index (χ1v) is 13.9. The zero-order valence-corrected chi connectivity index (χ0v) is 22.3. The number of aromatic nitrogens is 1. The first-order valence-electron chi connectivity index (χ1n) is 13.9. The highest BCUT2D eigenvalue weighted by Gasteiger charge is 2.39. The Morgan fingerprint density at radius 3 is 2.65 bits per heavy atom. The summed E-state index contributed by atoms with van der Waals surface area (Å²) >= 11 is 0. The molecular weight excluding hydrogens is 506 g/mol.